The average Bonchev–Trinajstić information content (AvgIpc) is 2.34. The summed E-state index contributed by atoms with van der Waals surface area (Å²) in [5, 5.41) is 3.15. The van der Waals surface area contributed by atoms with Crippen molar-refractivity contribution in [1.29, 1.82) is 0 Å². The van der Waals surface area contributed by atoms with E-state index in [9.17, 15) is 0 Å². The molecule has 2 heteroatoms. The summed E-state index contributed by atoms with van der Waals surface area (Å²) in [6, 6.07) is 16.0. The normalized spacial score (nSPS) is 10.2. The third-order valence-electron chi connectivity index (χ3n) is 2.66. The second kappa shape index (κ2) is 5.51. The molecule has 2 aromatic rings. The number of ether oxygens (including phenoxy) is 1. The van der Waals surface area contributed by atoms with Crippen molar-refractivity contribution in [1.82, 2.24) is 5.32 Å². The molecule has 1 N–H and O–H groups in total. The summed E-state index contributed by atoms with van der Waals surface area (Å²) in [5.74, 6) is 1.75. The van der Waals surface area contributed by atoms with Crippen molar-refractivity contribution in [3.8, 4) is 11.5 Å². The number of benzene rings is 2. The molecule has 88 valence electrons. The molecule has 0 spiro atoms. The van der Waals surface area contributed by atoms with E-state index < -0.39 is 0 Å². The molecule has 0 aromatic heterocycles. The molecular formula is C15H17NO. The highest BCUT2D eigenvalue weighted by molar-refractivity contribution is 5.37. The minimum Gasteiger partial charge on any atom is -0.457 e. The lowest BCUT2D eigenvalue weighted by atomic mass is 10.1. The first-order chi connectivity index (χ1) is 8.29. The summed E-state index contributed by atoms with van der Waals surface area (Å²) in [4.78, 5) is 0. The maximum Gasteiger partial charge on any atom is 0.127 e. The number of hydrogen-bond donors (Lipinski definition) is 1. The summed E-state index contributed by atoms with van der Waals surface area (Å²) in [5.41, 5.74) is 2.54. The van der Waals surface area contributed by atoms with Gasteiger partial charge in [0.05, 0.1) is 0 Å². The fourth-order valence-electron chi connectivity index (χ4n) is 1.75. The van der Waals surface area contributed by atoms with Gasteiger partial charge in [0.15, 0.2) is 0 Å². The fraction of sp³-hybridized carbons (Fsp3) is 0.200. The van der Waals surface area contributed by atoms with Crippen LogP contribution in [0.25, 0.3) is 0 Å². The largest absolute Gasteiger partial charge is 0.457 e. The second-order valence-electron chi connectivity index (χ2n) is 4.03. The first kappa shape index (κ1) is 11.7. The smallest absolute Gasteiger partial charge is 0.127 e. The molecule has 0 aliphatic heterocycles. The summed E-state index contributed by atoms with van der Waals surface area (Å²) in [6.45, 7) is 2.99. The maximum absolute atomic E-state index is 5.77. The first-order valence-electron chi connectivity index (χ1n) is 5.76. The molecule has 2 rings (SSSR count). The van der Waals surface area contributed by atoms with Gasteiger partial charge in [0, 0.05) is 6.54 Å². The van der Waals surface area contributed by atoms with Gasteiger partial charge >= 0.3 is 0 Å². The van der Waals surface area contributed by atoms with Crippen LogP contribution in [0, 0.1) is 6.92 Å². The van der Waals surface area contributed by atoms with E-state index in [1.807, 2.05) is 43.4 Å². The van der Waals surface area contributed by atoms with Crippen molar-refractivity contribution in [3.63, 3.8) is 0 Å². The van der Waals surface area contributed by atoms with E-state index in [2.05, 4.69) is 24.4 Å². The van der Waals surface area contributed by atoms with Crippen molar-refractivity contribution in [3.05, 3.63) is 59.7 Å². The number of aryl methyl sites for hydroxylation is 1. The zero-order valence-electron chi connectivity index (χ0n) is 10.2. The number of nitrogens with one attached hydrogen (secondary N) is 1. The highest BCUT2D eigenvalue weighted by Gasteiger charge is 2.01. The quantitative estimate of drug-likeness (QED) is 0.863. The van der Waals surface area contributed by atoms with E-state index in [4.69, 9.17) is 4.74 Å². The Hall–Kier alpha value is -1.80. The van der Waals surface area contributed by atoms with Gasteiger partial charge in [-0.25, -0.2) is 0 Å². The van der Waals surface area contributed by atoms with Gasteiger partial charge in [0.2, 0.25) is 0 Å². The standard InChI is InChI=1S/C15H17NO/c1-12-10-15(9-8-13(12)11-16-2)17-14-6-4-3-5-7-14/h3-10,16H,11H2,1-2H3. The Morgan fingerprint density at radius 2 is 1.76 bits per heavy atom. The molecule has 0 unspecified atom stereocenters. The predicted molar refractivity (Wildman–Crippen MR) is 70.5 cm³/mol. The van der Waals surface area contributed by atoms with Crippen LogP contribution in [-0.2, 0) is 6.54 Å². The molecule has 0 atom stereocenters. The van der Waals surface area contributed by atoms with Crippen molar-refractivity contribution in [2.24, 2.45) is 0 Å². The second-order valence-corrected chi connectivity index (χ2v) is 4.03. The Morgan fingerprint density at radius 1 is 1.00 bits per heavy atom. The van der Waals surface area contributed by atoms with Gasteiger partial charge in [-0.15, -0.1) is 0 Å². The SMILES string of the molecule is CNCc1ccc(Oc2ccccc2)cc1C. The summed E-state index contributed by atoms with van der Waals surface area (Å²) in [6.07, 6.45) is 0. The monoisotopic (exact) mass is 227 g/mol. The molecule has 0 amide bonds. The van der Waals surface area contributed by atoms with E-state index in [1.54, 1.807) is 0 Å². The molecule has 0 saturated carbocycles. The summed E-state index contributed by atoms with van der Waals surface area (Å²) < 4.78 is 5.77. The zero-order valence-corrected chi connectivity index (χ0v) is 10.2. The topological polar surface area (TPSA) is 21.3 Å². The Morgan fingerprint density at radius 3 is 2.41 bits per heavy atom. The molecule has 2 nitrogen and oxygen atoms in total. The first-order valence-corrected chi connectivity index (χ1v) is 5.76. The van der Waals surface area contributed by atoms with E-state index in [-0.39, 0.29) is 0 Å². The Balaban J connectivity index is 2.15. The fourth-order valence-corrected chi connectivity index (χ4v) is 1.75. The van der Waals surface area contributed by atoms with Gasteiger partial charge in [-0.2, -0.15) is 0 Å². The summed E-state index contributed by atoms with van der Waals surface area (Å²) >= 11 is 0. The molecule has 2 aromatic carbocycles. The Kier molecular flexibility index (Phi) is 3.78. The van der Waals surface area contributed by atoms with Crippen LogP contribution in [0.2, 0.25) is 0 Å². The molecule has 0 fully saturated rings. The molecule has 0 saturated heterocycles. The minimum atomic E-state index is 0.869. The van der Waals surface area contributed by atoms with Crippen molar-refractivity contribution in [2.45, 2.75) is 13.5 Å². The van der Waals surface area contributed by atoms with Gasteiger partial charge < -0.3 is 10.1 Å². The van der Waals surface area contributed by atoms with Gasteiger partial charge in [-0.1, -0.05) is 24.3 Å². The van der Waals surface area contributed by atoms with Crippen LogP contribution in [0.15, 0.2) is 48.5 Å². The molecule has 0 aliphatic rings. The van der Waals surface area contributed by atoms with Crippen LogP contribution >= 0.6 is 0 Å². The van der Waals surface area contributed by atoms with E-state index in [1.165, 1.54) is 11.1 Å². The molecule has 0 heterocycles. The predicted octanol–water partition coefficient (Wildman–Crippen LogP) is 3.51. The number of para-hydroxylation sites is 1. The van der Waals surface area contributed by atoms with Gasteiger partial charge in [-0.05, 0) is 49.4 Å². The molecule has 0 radical (unpaired) electrons. The Bertz CT molecular complexity index is 480. The van der Waals surface area contributed by atoms with Crippen LogP contribution in [0.4, 0.5) is 0 Å². The van der Waals surface area contributed by atoms with Crippen LogP contribution < -0.4 is 10.1 Å². The van der Waals surface area contributed by atoms with Gasteiger partial charge in [-0.3, -0.25) is 0 Å². The highest BCUT2D eigenvalue weighted by atomic mass is 16.5. The lowest BCUT2D eigenvalue weighted by Gasteiger charge is -2.09. The third kappa shape index (κ3) is 3.08. The minimum absolute atomic E-state index is 0.869. The van der Waals surface area contributed by atoms with Crippen LogP contribution in [0.3, 0.4) is 0 Å². The lowest BCUT2D eigenvalue weighted by molar-refractivity contribution is 0.482. The number of hydrogen-bond acceptors (Lipinski definition) is 2. The molecular weight excluding hydrogens is 210 g/mol. The number of rotatable bonds is 4. The van der Waals surface area contributed by atoms with Crippen molar-refractivity contribution < 1.29 is 4.74 Å². The van der Waals surface area contributed by atoms with Crippen molar-refractivity contribution >= 4 is 0 Å². The van der Waals surface area contributed by atoms with Crippen LogP contribution in [-0.4, -0.2) is 7.05 Å². The van der Waals surface area contributed by atoms with Gasteiger partial charge in [0.1, 0.15) is 11.5 Å². The molecule has 17 heavy (non-hydrogen) atoms. The van der Waals surface area contributed by atoms with Crippen LogP contribution in [0.5, 0.6) is 11.5 Å². The Labute approximate surface area is 102 Å². The maximum atomic E-state index is 5.77. The van der Waals surface area contributed by atoms with Crippen molar-refractivity contribution in [2.75, 3.05) is 7.05 Å². The zero-order chi connectivity index (χ0) is 12.1. The van der Waals surface area contributed by atoms with E-state index in [0.29, 0.717) is 0 Å². The van der Waals surface area contributed by atoms with Crippen LogP contribution in [0.1, 0.15) is 11.1 Å². The highest BCUT2D eigenvalue weighted by Crippen LogP contribution is 2.23. The van der Waals surface area contributed by atoms with Gasteiger partial charge in [0.25, 0.3) is 0 Å². The van der Waals surface area contributed by atoms with E-state index >= 15 is 0 Å². The summed E-state index contributed by atoms with van der Waals surface area (Å²) in [7, 11) is 1.95. The third-order valence-corrected chi connectivity index (χ3v) is 2.66. The molecule has 0 bridgehead atoms. The molecule has 0 aliphatic carbocycles. The lowest BCUT2D eigenvalue weighted by Crippen LogP contribution is -2.06. The average molecular weight is 227 g/mol. The van der Waals surface area contributed by atoms with E-state index in [0.717, 1.165) is 18.0 Å².